The van der Waals surface area contributed by atoms with E-state index in [1.807, 2.05) is 30.3 Å². The summed E-state index contributed by atoms with van der Waals surface area (Å²) >= 11 is 0. The lowest BCUT2D eigenvalue weighted by Gasteiger charge is -2.29. The van der Waals surface area contributed by atoms with Crippen molar-refractivity contribution in [1.29, 1.82) is 0 Å². The molecule has 1 heterocycles. The van der Waals surface area contributed by atoms with Crippen molar-refractivity contribution in [2.24, 2.45) is 0 Å². The Morgan fingerprint density at radius 1 is 1.14 bits per heavy atom. The molecule has 0 saturated carbocycles. The summed E-state index contributed by atoms with van der Waals surface area (Å²) in [7, 11) is 1.67. The summed E-state index contributed by atoms with van der Waals surface area (Å²) in [6, 6.07) is 12.1. The molecule has 0 radical (unpaired) electrons. The molecule has 1 aliphatic rings. The van der Waals surface area contributed by atoms with Crippen LogP contribution in [0.5, 0.6) is 5.75 Å². The van der Waals surface area contributed by atoms with Gasteiger partial charge in [0.25, 0.3) is 0 Å². The van der Waals surface area contributed by atoms with Crippen molar-refractivity contribution in [3.05, 3.63) is 42.0 Å². The first-order valence-corrected chi connectivity index (χ1v) is 7.75. The number of benzene rings is 2. The number of nitrogens with zero attached hydrogens (tertiary/aromatic N) is 1. The molecule has 2 aromatic rings. The van der Waals surface area contributed by atoms with Crippen LogP contribution in [-0.2, 0) is 0 Å². The topological polar surface area (TPSA) is 32.7 Å². The average Bonchev–Trinajstić information content (AvgIpc) is 2.54. The van der Waals surface area contributed by atoms with Gasteiger partial charge in [0.15, 0.2) is 0 Å². The highest BCUT2D eigenvalue weighted by atomic mass is 16.5. The highest BCUT2D eigenvalue weighted by Crippen LogP contribution is 2.28. The van der Waals surface area contributed by atoms with Crippen LogP contribution in [0.1, 0.15) is 30.9 Å². The van der Waals surface area contributed by atoms with Crippen molar-refractivity contribution in [3.8, 4) is 5.75 Å². The maximum absolute atomic E-state index is 10.7. The zero-order valence-corrected chi connectivity index (χ0v) is 12.6. The summed E-state index contributed by atoms with van der Waals surface area (Å²) < 4.78 is 5.31. The van der Waals surface area contributed by atoms with E-state index >= 15 is 0 Å². The lowest BCUT2D eigenvalue weighted by molar-refractivity contribution is 0.102. The van der Waals surface area contributed by atoms with Gasteiger partial charge in [-0.15, -0.1) is 0 Å². The number of hydrogen-bond acceptors (Lipinski definition) is 3. The maximum Gasteiger partial charge on any atom is 0.119 e. The smallest absolute Gasteiger partial charge is 0.119 e. The Hall–Kier alpha value is -1.58. The van der Waals surface area contributed by atoms with Crippen LogP contribution in [-0.4, -0.2) is 36.8 Å². The first-order chi connectivity index (χ1) is 10.3. The van der Waals surface area contributed by atoms with Gasteiger partial charge in [0.1, 0.15) is 5.75 Å². The van der Waals surface area contributed by atoms with E-state index in [-0.39, 0.29) is 0 Å². The lowest BCUT2D eigenvalue weighted by Crippen LogP contribution is -2.33. The molecule has 1 N–H and O–H groups in total. The van der Waals surface area contributed by atoms with E-state index in [0.717, 1.165) is 41.7 Å². The number of piperidine rings is 1. The van der Waals surface area contributed by atoms with Crippen molar-refractivity contribution in [2.75, 3.05) is 26.7 Å². The van der Waals surface area contributed by atoms with Crippen LogP contribution in [0, 0.1) is 0 Å². The molecule has 112 valence electrons. The minimum absolute atomic E-state index is 0.445. The van der Waals surface area contributed by atoms with Crippen molar-refractivity contribution in [1.82, 2.24) is 4.90 Å². The third kappa shape index (κ3) is 3.20. The second kappa shape index (κ2) is 6.46. The van der Waals surface area contributed by atoms with Gasteiger partial charge in [-0.1, -0.05) is 30.7 Å². The summed E-state index contributed by atoms with van der Waals surface area (Å²) in [5, 5.41) is 12.9. The molecule has 3 nitrogen and oxygen atoms in total. The molecule has 1 fully saturated rings. The number of β-amino-alcohol motifs (C(OH)–C–C–N with tert-alkyl or cyclic N) is 1. The molecule has 0 spiro atoms. The number of rotatable bonds is 4. The van der Waals surface area contributed by atoms with Crippen LogP contribution in [0.2, 0.25) is 0 Å². The van der Waals surface area contributed by atoms with Gasteiger partial charge in [-0.25, -0.2) is 0 Å². The minimum atomic E-state index is -0.445. The van der Waals surface area contributed by atoms with Gasteiger partial charge in [-0.3, -0.25) is 0 Å². The molecule has 1 unspecified atom stereocenters. The first kappa shape index (κ1) is 14.4. The summed E-state index contributed by atoms with van der Waals surface area (Å²) in [5.74, 6) is 0.833. The molecular weight excluding hydrogens is 262 g/mol. The normalized spacial score (nSPS) is 17.8. The maximum atomic E-state index is 10.7. The number of fused-ring (bicyclic) bond motifs is 1. The number of aliphatic hydroxyl groups excluding tert-OH is 1. The Labute approximate surface area is 126 Å². The highest BCUT2D eigenvalue weighted by molar-refractivity contribution is 5.87. The molecule has 21 heavy (non-hydrogen) atoms. The molecule has 0 aromatic heterocycles. The average molecular weight is 285 g/mol. The first-order valence-electron chi connectivity index (χ1n) is 7.75. The molecule has 3 heteroatoms. The van der Waals surface area contributed by atoms with Crippen molar-refractivity contribution in [2.45, 2.75) is 25.4 Å². The Morgan fingerprint density at radius 3 is 2.71 bits per heavy atom. The zero-order valence-electron chi connectivity index (χ0n) is 12.6. The van der Waals surface area contributed by atoms with Crippen LogP contribution in [0.15, 0.2) is 36.4 Å². The van der Waals surface area contributed by atoms with Crippen molar-refractivity contribution >= 4 is 10.8 Å². The van der Waals surface area contributed by atoms with Crippen LogP contribution < -0.4 is 4.74 Å². The van der Waals surface area contributed by atoms with Gasteiger partial charge in [0, 0.05) is 6.54 Å². The SMILES string of the molecule is COc1ccc2cccc(C(O)CN3CCCCC3)c2c1. The number of aliphatic hydroxyl groups is 1. The van der Waals surface area contributed by atoms with Crippen LogP contribution >= 0.6 is 0 Å². The monoisotopic (exact) mass is 285 g/mol. The molecule has 1 aliphatic heterocycles. The Kier molecular flexibility index (Phi) is 4.42. The summed E-state index contributed by atoms with van der Waals surface area (Å²) in [4.78, 5) is 2.37. The predicted molar refractivity (Wildman–Crippen MR) is 85.8 cm³/mol. The van der Waals surface area contributed by atoms with E-state index in [9.17, 15) is 5.11 Å². The largest absolute Gasteiger partial charge is 0.497 e. The van der Waals surface area contributed by atoms with E-state index in [1.54, 1.807) is 7.11 Å². The fourth-order valence-electron chi connectivity index (χ4n) is 3.18. The van der Waals surface area contributed by atoms with E-state index in [0.29, 0.717) is 0 Å². The second-order valence-electron chi connectivity index (χ2n) is 5.81. The van der Waals surface area contributed by atoms with Gasteiger partial charge in [0.2, 0.25) is 0 Å². The zero-order chi connectivity index (χ0) is 14.7. The fraction of sp³-hybridized carbons (Fsp3) is 0.444. The van der Waals surface area contributed by atoms with Gasteiger partial charge in [-0.05, 0) is 54.4 Å². The third-order valence-corrected chi connectivity index (χ3v) is 4.36. The highest BCUT2D eigenvalue weighted by Gasteiger charge is 2.17. The fourth-order valence-corrected chi connectivity index (χ4v) is 3.18. The van der Waals surface area contributed by atoms with Crippen LogP contribution in [0.25, 0.3) is 10.8 Å². The molecule has 0 bridgehead atoms. The van der Waals surface area contributed by atoms with E-state index in [2.05, 4.69) is 11.0 Å². The van der Waals surface area contributed by atoms with E-state index < -0.39 is 6.10 Å². The number of ether oxygens (including phenoxy) is 1. The van der Waals surface area contributed by atoms with Gasteiger partial charge >= 0.3 is 0 Å². The predicted octanol–water partition coefficient (Wildman–Crippen LogP) is 3.37. The summed E-state index contributed by atoms with van der Waals surface area (Å²) in [6.45, 7) is 2.92. The minimum Gasteiger partial charge on any atom is -0.497 e. The van der Waals surface area contributed by atoms with Crippen molar-refractivity contribution in [3.63, 3.8) is 0 Å². The standard InChI is InChI=1S/C18H23NO2/c1-21-15-9-8-14-6-5-7-16(17(14)12-15)18(20)13-19-10-3-2-4-11-19/h5-9,12,18,20H,2-4,10-11,13H2,1H3. The summed E-state index contributed by atoms with van der Waals surface area (Å²) in [6.07, 6.45) is 3.36. The molecule has 1 atom stereocenters. The van der Waals surface area contributed by atoms with Crippen LogP contribution in [0.4, 0.5) is 0 Å². The molecule has 2 aromatic carbocycles. The lowest BCUT2D eigenvalue weighted by atomic mass is 9.99. The molecule has 3 rings (SSSR count). The van der Waals surface area contributed by atoms with Crippen molar-refractivity contribution < 1.29 is 9.84 Å². The summed E-state index contributed by atoms with van der Waals surface area (Å²) in [5.41, 5.74) is 0.997. The Balaban J connectivity index is 1.87. The number of hydrogen-bond donors (Lipinski definition) is 1. The molecule has 1 saturated heterocycles. The van der Waals surface area contributed by atoms with Gasteiger partial charge < -0.3 is 14.7 Å². The quantitative estimate of drug-likeness (QED) is 0.935. The van der Waals surface area contributed by atoms with E-state index in [1.165, 1.54) is 19.3 Å². The number of likely N-dealkylation sites (tertiary alicyclic amines) is 1. The van der Waals surface area contributed by atoms with Gasteiger partial charge in [0.05, 0.1) is 13.2 Å². The molecule has 0 amide bonds. The third-order valence-electron chi connectivity index (χ3n) is 4.36. The van der Waals surface area contributed by atoms with Gasteiger partial charge in [-0.2, -0.15) is 0 Å². The van der Waals surface area contributed by atoms with Crippen LogP contribution in [0.3, 0.4) is 0 Å². The molecular formula is C18H23NO2. The molecule has 0 aliphatic carbocycles. The Bertz CT molecular complexity index is 605. The number of methoxy groups -OCH3 is 1. The second-order valence-corrected chi connectivity index (χ2v) is 5.81. The van der Waals surface area contributed by atoms with E-state index in [4.69, 9.17) is 4.74 Å². The Morgan fingerprint density at radius 2 is 1.95 bits per heavy atom.